The molecule has 0 radical (unpaired) electrons. The van der Waals surface area contributed by atoms with Gasteiger partial charge in [0.05, 0.1) is 11.1 Å². The number of rotatable bonds is 19. The van der Waals surface area contributed by atoms with Gasteiger partial charge in [0.2, 0.25) is 0 Å². The Balaban J connectivity index is 2.75. The molecule has 0 saturated carbocycles. The van der Waals surface area contributed by atoms with Crippen LogP contribution in [0, 0.1) is 0 Å². The molecule has 0 aromatic heterocycles. The second-order valence-corrected chi connectivity index (χ2v) is 9.75. The van der Waals surface area contributed by atoms with Gasteiger partial charge in [-0.1, -0.05) is 110 Å². The van der Waals surface area contributed by atoms with Crippen molar-refractivity contribution in [3.63, 3.8) is 0 Å². The highest BCUT2D eigenvalue weighted by Crippen LogP contribution is 2.20. The quantitative estimate of drug-likeness (QED) is 0.129. The first-order valence-corrected chi connectivity index (χ1v) is 14.3. The van der Waals surface area contributed by atoms with Crippen molar-refractivity contribution in [2.75, 3.05) is 0 Å². The lowest BCUT2D eigenvalue weighted by Gasteiger charge is -2.14. The maximum absolute atomic E-state index is 12.9. The molecule has 8 heteroatoms. The van der Waals surface area contributed by atoms with Crippen LogP contribution in [0.15, 0.2) is 18.2 Å². The maximum Gasteiger partial charge on any atom is 0.347 e. The molecule has 214 valence electrons. The number of carbonyl (C=O) groups is 4. The highest BCUT2D eigenvalue weighted by atomic mass is 16.6. The summed E-state index contributed by atoms with van der Waals surface area (Å²) in [6, 6.07) is 4.42. The molecule has 0 aliphatic carbocycles. The minimum atomic E-state index is -1.45. The minimum Gasteiger partial charge on any atom is -0.387 e. The Hall–Kier alpha value is -2.58. The summed E-state index contributed by atoms with van der Waals surface area (Å²) >= 11 is 0. The summed E-state index contributed by atoms with van der Waals surface area (Å²) in [7, 11) is 0. The van der Waals surface area contributed by atoms with E-state index in [2.05, 4.69) is 13.8 Å². The molecular formula is C30H46O8. The zero-order valence-electron chi connectivity index (χ0n) is 23.3. The minimum absolute atomic E-state index is 0.174. The molecule has 0 heterocycles. The van der Waals surface area contributed by atoms with Crippen LogP contribution in [0.1, 0.15) is 137 Å². The lowest BCUT2D eigenvalue weighted by molar-refractivity contribution is -0.149. The van der Waals surface area contributed by atoms with Gasteiger partial charge in [0.1, 0.15) is 0 Å². The van der Waals surface area contributed by atoms with E-state index >= 15 is 0 Å². The van der Waals surface area contributed by atoms with Crippen LogP contribution in [0.2, 0.25) is 0 Å². The number of aryl methyl sites for hydroxylation is 1. The molecule has 38 heavy (non-hydrogen) atoms. The molecule has 0 amide bonds. The summed E-state index contributed by atoms with van der Waals surface area (Å²) in [6.45, 7) is 6.00. The third-order valence-electron chi connectivity index (χ3n) is 6.55. The summed E-state index contributed by atoms with van der Waals surface area (Å²) in [6.07, 6.45) is 9.52. The Morgan fingerprint density at radius 2 is 1.11 bits per heavy atom. The predicted octanol–water partition coefficient (Wildman–Crippen LogP) is 5.84. The summed E-state index contributed by atoms with van der Waals surface area (Å²) < 4.78 is 9.76. The van der Waals surface area contributed by atoms with E-state index in [1.807, 2.05) is 0 Å². The average Bonchev–Trinajstić information content (AvgIpc) is 2.91. The number of esters is 4. The normalized spacial score (nSPS) is 12.6. The third-order valence-corrected chi connectivity index (χ3v) is 6.55. The van der Waals surface area contributed by atoms with Gasteiger partial charge in [0.25, 0.3) is 0 Å². The zero-order chi connectivity index (χ0) is 28.3. The number of aliphatic hydroxyl groups excluding tert-OH is 2. The van der Waals surface area contributed by atoms with Gasteiger partial charge in [0.15, 0.2) is 12.2 Å². The van der Waals surface area contributed by atoms with Crippen LogP contribution in [0.25, 0.3) is 0 Å². The second-order valence-electron chi connectivity index (χ2n) is 9.75. The van der Waals surface area contributed by atoms with E-state index in [0.29, 0.717) is 24.8 Å². The summed E-state index contributed by atoms with van der Waals surface area (Å²) in [5.41, 5.74) is -0.0197. The lowest BCUT2D eigenvalue weighted by atomic mass is 9.99. The molecule has 1 rings (SSSR count). The van der Waals surface area contributed by atoms with Gasteiger partial charge in [-0.3, -0.25) is 0 Å². The van der Waals surface area contributed by atoms with Crippen LogP contribution in [0.4, 0.5) is 0 Å². The largest absolute Gasteiger partial charge is 0.387 e. The number of unbranched alkanes of at least 4 members (excludes halogenated alkanes) is 10. The summed E-state index contributed by atoms with van der Waals surface area (Å²) in [4.78, 5) is 50.3. The van der Waals surface area contributed by atoms with Crippen molar-refractivity contribution in [1.82, 2.24) is 0 Å². The van der Waals surface area contributed by atoms with Crippen LogP contribution in [0.5, 0.6) is 0 Å². The molecule has 2 atom stereocenters. The third kappa shape index (κ3) is 12.3. The van der Waals surface area contributed by atoms with Gasteiger partial charge in [0, 0.05) is 0 Å². The average molecular weight is 535 g/mol. The van der Waals surface area contributed by atoms with Crippen LogP contribution in [-0.4, -0.2) is 46.3 Å². The molecule has 2 unspecified atom stereocenters. The lowest BCUT2D eigenvalue weighted by Crippen LogP contribution is -2.29. The van der Waals surface area contributed by atoms with Gasteiger partial charge in [-0.25, -0.2) is 19.2 Å². The molecule has 1 aromatic carbocycles. The Kier molecular flexibility index (Phi) is 17.1. The smallest absolute Gasteiger partial charge is 0.347 e. The first kappa shape index (κ1) is 33.4. The zero-order valence-corrected chi connectivity index (χ0v) is 23.3. The van der Waals surface area contributed by atoms with E-state index in [1.54, 1.807) is 13.0 Å². The molecule has 1 aromatic rings. The van der Waals surface area contributed by atoms with Crippen LogP contribution >= 0.6 is 0 Å². The van der Waals surface area contributed by atoms with Crippen LogP contribution in [-0.2, 0) is 25.5 Å². The fourth-order valence-corrected chi connectivity index (χ4v) is 4.20. The fourth-order valence-electron chi connectivity index (χ4n) is 4.20. The topological polar surface area (TPSA) is 127 Å². The second kappa shape index (κ2) is 19.5. The molecule has 0 aliphatic heterocycles. The van der Waals surface area contributed by atoms with Crippen LogP contribution in [0.3, 0.4) is 0 Å². The van der Waals surface area contributed by atoms with Gasteiger partial charge in [-0.2, -0.15) is 0 Å². The SMILES string of the molecule is CCCCCCCCC(O)C(=O)OC(=O)c1cccc(CC)c1C(=O)OC(=O)C(O)CCCCCCCC. The highest BCUT2D eigenvalue weighted by Gasteiger charge is 2.29. The molecule has 2 N–H and O–H groups in total. The van der Waals surface area contributed by atoms with Crippen molar-refractivity contribution in [1.29, 1.82) is 0 Å². The Labute approximate surface area is 227 Å². The highest BCUT2D eigenvalue weighted by molar-refractivity contribution is 6.09. The molecule has 0 saturated heterocycles. The van der Waals surface area contributed by atoms with Crippen molar-refractivity contribution in [2.45, 2.75) is 129 Å². The van der Waals surface area contributed by atoms with E-state index in [0.717, 1.165) is 64.2 Å². The van der Waals surface area contributed by atoms with Crippen molar-refractivity contribution in [3.05, 3.63) is 34.9 Å². The molecule has 0 aliphatic rings. The number of ether oxygens (including phenoxy) is 2. The first-order chi connectivity index (χ1) is 18.3. The number of benzene rings is 1. The van der Waals surface area contributed by atoms with Gasteiger partial charge in [-0.15, -0.1) is 0 Å². The standard InChI is InChI=1S/C30H46O8/c1-4-7-9-11-13-15-20-24(31)28(34)37-27(33)23-19-17-18-22(6-3)26(23)30(36)38-29(35)25(32)21-16-14-12-10-8-5-2/h17-19,24-25,31-32H,4-16,20-21H2,1-3H3. The molecular weight excluding hydrogens is 488 g/mol. The number of aliphatic hydroxyl groups is 2. The van der Waals surface area contributed by atoms with E-state index in [9.17, 15) is 29.4 Å². The van der Waals surface area contributed by atoms with E-state index in [4.69, 9.17) is 9.47 Å². The van der Waals surface area contributed by atoms with Crippen molar-refractivity contribution >= 4 is 23.9 Å². The van der Waals surface area contributed by atoms with Crippen LogP contribution < -0.4 is 0 Å². The van der Waals surface area contributed by atoms with Crippen molar-refractivity contribution in [3.8, 4) is 0 Å². The summed E-state index contributed by atoms with van der Waals surface area (Å²) in [5, 5.41) is 20.3. The van der Waals surface area contributed by atoms with E-state index in [1.165, 1.54) is 12.1 Å². The van der Waals surface area contributed by atoms with Crippen molar-refractivity contribution < 1.29 is 38.9 Å². The monoisotopic (exact) mass is 534 g/mol. The molecule has 0 spiro atoms. The van der Waals surface area contributed by atoms with Gasteiger partial charge in [-0.05, 0) is 30.9 Å². The van der Waals surface area contributed by atoms with Gasteiger partial charge >= 0.3 is 23.9 Å². The molecule has 8 nitrogen and oxygen atoms in total. The van der Waals surface area contributed by atoms with E-state index < -0.39 is 36.1 Å². The number of carbonyl (C=O) groups excluding carboxylic acids is 4. The van der Waals surface area contributed by atoms with Crippen molar-refractivity contribution in [2.24, 2.45) is 0 Å². The fraction of sp³-hybridized carbons (Fsp3) is 0.667. The number of hydrogen-bond donors (Lipinski definition) is 2. The Morgan fingerprint density at radius 3 is 1.58 bits per heavy atom. The van der Waals surface area contributed by atoms with Gasteiger partial charge < -0.3 is 19.7 Å². The molecule has 0 bridgehead atoms. The Morgan fingerprint density at radius 1 is 0.658 bits per heavy atom. The predicted molar refractivity (Wildman–Crippen MR) is 145 cm³/mol. The number of hydrogen-bond acceptors (Lipinski definition) is 8. The summed E-state index contributed by atoms with van der Waals surface area (Å²) in [5.74, 6) is -4.38. The van der Waals surface area contributed by atoms with E-state index in [-0.39, 0.29) is 24.0 Å². The first-order valence-electron chi connectivity index (χ1n) is 14.3. The molecule has 0 fully saturated rings. The maximum atomic E-state index is 12.9. The Bertz CT molecular complexity index is 879.